The molecule has 344 valence electrons. The number of rotatable bonds is 30. The van der Waals surface area contributed by atoms with Crippen molar-refractivity contribution < 1.29 is 45.6 Å². The van der Waals surface area contributed by atoms with E-state index in [0.717, 1.165) is 49.7 Å². The quantitative estimate of drug-likeness (QED) is 0.0291. The van der Waals surface area contributed by atoms with Gasteiger partial charge < -0.3 is 24.2 Å². The fraction of sp³-hybridized carbons (Fsp3) is 0.520. The molecule has 0 saturated carbocycles. The number of phenolic OH excluding ortho intramolecular Hbond substituents is 1. The Morgan fingerprint density at radius 3 is 1.29 bits per heavy atom. The van der Waals surface area contributed by atoms with Crippen molar-refractivity contribution in [2.24, 2.45) is 0 Å². The molecule has 0 aromatic heterocycles. The molecule has 2 N–H and O–H groups in total. The van der Waals surface area contributed by atoms with Crippen LogP contribution in [0.15, 0.2) is 94.7 Å². The zero-order valence-corrected chi connectivity index (χ0v) is 41.6. The van der Waals surface area contributed by atoms with Crippen molar-refractivity contribution in [3.63, 3.8) is 0 Å². The summed E-state index contributed by atoms with van der Waals surface area (Å²) in [7, 11) is -8.85. The fourth-order valence-corrected chi connectivity index (χ4v) is 8.35. The predicted octanol–water partition coefficient (Wildman–Crippen LogP) is 13.2. The molecule has 0 unspecified atom stereocenters. The van der Waals surface area contributed by atoms with Gasteiger partial charge in [0.05, 0.1) is 9.79 Å². The number of benzene rings is 4. The van der Waals surface area contributed by atoms with Gasteiger partial charge in [0.15, 0.2) is 0 Å². The van der Waals surface area contributed by atoms with E-state index in [1.165, 1.54) is 164 Å². The van der Waals surface area contributed by atoms with Crippen molar-refractivity contribution in [2.45, 2.75) is 178 Å². The van der Waals surface area contributed by atoms with E-state index in [2.05, 4.69) is 13.8 Å². The van der Waals surface area contributed by atoms with Crippen molar-refractivity contribution in [3.8, 4) is 34.5 Å². The third-order valence-electron chi connectivity index (χ3n) is 10.7. The molecule has 4 aromatic rings. The van der Waals surface area contributed by atoms with Crippen LogP contribution in [-0.4, -0.2) is 68.8 Å². The van der Waals surface area contributed by atoms with Gasteiger partial charge in [-0.25, -0.2) is 8.42 Å². The van der Waals surface area contributed by atoms with E-state index in [1.54, 1.807) is 30.3 Å². The van der Waals surface area contributed by atoms with Crippen molar-refractivity contribution >= 4 is 58.0 Å². The number of hydrogen-bond donors (Lipinski definition) is 2. The molecule has 0 aliphatic carbocycles. The SMILES string of the molecule is CCCCCCCCCCCCCc1cc(O)cc(Oc2cccc(S(=O)(=O)O)c2)c1.CCCCCCCCCCCCCc1cc([O-])cc(Oc2cccc(S(=O)(=O)[O-])c2)c1.[Ca+2]. The normalized spacial score (nSPS) is 11.4. The Kier molecular flexibility index (Phi) is 28.5. The fourth-order valence-electron chi connectivity index (χ4n) is 7.33. The molecular formula is C50H70CaO10S2. The molecule has 4 aromatic carbocycles. The van der Waals surface area contributed by atoms with E-state index in [9.17, 15) is 36.2 Å². The van der Waals surface area contributed by atoms with Crippen molar-refractivity contribution in [1.82, 2.24) is 0 Å². The van der Waals surface area contributed by atoms with Crippen LogP contribution in [0.5, 0.6) is 34.5 Å². The minimum Gasteiger partial charge on any atom is -0.872 e. The van der Waals surface area contributed by atoms with Crippen LogP contribution in [0.3, 0.4) is 0 Å². The van der Waals surface area contributed by atoms with Crippen molar-refractivity contribution in [1.29, 1.82) is 0 Å². The number of unbranched alkanes of at least 4 members (excludes halogenated alkanes) is 20. The molecule has 0 fully saturated rings. The van der Waals surface area contributed by atoms with Gasteiger partial charge in [0, 0.05) is 12.1 Å². The van der Waals surface area contributed by atoms with E-state index >= 15 is 0 Å². The molecule has 0 aliphatic rings. The molecule has 0 radical (unpaired) electrons. The third-order valence-corrected chi connectivity index (χ3v) is 12.4. The Morgan fingerprint density at radius 2 is 0.857 bits per heavy atom. The number of aromatic hydroxyl groups is 1. The number of aryl methyl sites for hydroxylation is 2. The zero-order chi connectivity index (χ0) is 45.1. The molecule has 0 spiro atoms. The Morgan fingerprint density at radius 1 is 0.476 bits per heavy atom. The van der Waals surface area contributed by atoms with E-state index in [4.69, 9.17) is 9.47 Å². The molecule has 13 heteroatoms. The Balaban J connectivity index is 0.000000427. The minimum absolute atomic E-state index is 0. The van der Waals surface area contributed by atoms with Gasteiger partial charge in [-0.3, -0.25) is 4.55 Å². The number of hydrogen-bond acceptors (Lipinski definition) is 9. The maximum absolute atomic E-state index is 12.0. The second-order valence-corrected chi connectivity index (χ2v) is 19.1. The minimum atomic E-state index is -4.55. The molecule has 4 rings (SSSR count). The smallest absolute Gasteiger partial charge is 0.872 e. The average molecular weight is 935 g/mol. The summed E-state index contributed by atoms with van der Waals surface area (Å²) in [5, 5.41) is 22.0. The first-order chi connectivity index (χ1) is 29.8. The van der Waals surface area contributed by atoms with Gasteiger partial charge in [-0.1, -0.05) is 160 Å². The van der Waals surface area contributed by atoms with Crippen LogP contribution in [0.4, 0.5) is 0 Å². The van der Waals surface area contributed by atoms with Crippen molar-refractivity contribution in [3.05, 3.63) is 96.1 Å². The van der Waals surface area contributed by atoms with Gasteiger partial charge in [-0.05, 0) is 91.4 Å². The topological polar surface area (TPSA) is 173 Å². The van der Waals surface area contributed by atoms with Gasteiger partial charge in [0.25, 0.3) is 10.1 Å². The summed E-state index contributed by atoms with van der Waals surface area (Å²) in [4.78, 5) is -0.587. The maximum Gasteiger partial charge on any atom is 2.00 e. The van der Waals surface area contributed by atoms with Crippen molar-refractivity contribution in [2.75, 3.05) is 0 Å². The molecule has 0 aliphatic heterocycles. The molecule has 0 amide bonds. The van der Waals surface area contributed by atoms with Gasteiger partial charge in [0.1, 0.15) is 38.9 Å². The maximum atomic E-state index is 12.0. The first-order valence-electron chi connectivity index (χ1n) is 22.9. The third kappa shape index (κ3) is 25.4. The summed E-state index contributed by atoms with van der Waals surface area (Å²) in [5.41, 5.74) is 1.89. The molecule has 0 atom stereocenters. The van der Waals surface area contributed by atoms with E-state index in [0.29, 0.717) is 11.5 Å². The number of ether oxygens (including phenoxy) is 2. The Bertz CT molecular complexity index is 1940. The second-order valence-electron chi connectivity index (χ2n) is 16.3. The molecule has 10 nitrogen and oxygen atoms in total. The summed E-state index contributed by atoms with van der Waals surface area (Å²) < 4.78 is 76.6. The van der Waals surface area contributed by atoms with Crippen LogP contribution >= 0.6 is 0 Å². The molecule has 63 heavy (non-hydrogen) atoms. The summed E-state index contributed by atoms with van der Waals surface area (Å²) in [5.74, 6) is 1.24. The average Bonchev–Trinajstić information content (AvgIpc) is 3.21. The van der Waals surface area contributed by atoms with Crippen LogP contribution in [-0.2, 0) is 33.1 Å². The van der Waals surface area contributed by atoms with E-state index in [1.807, 2.05) is 6.07 Å². The first-order valence-corrected chi connectivity index (χ1v) is 25.7. The predicted molar refractivity (Wildman–Crippen MR) is 251 cm³/mol. The monoisotopic (exact) mass is 934 g/mol. The van der Waals surface area contributed by atoms with Gasteiger partial charge in [-0.2, -0.15) is 8.42 Å². The van der Waals surface area contributed by atoms with Gasteiger partial charge in [0.2, 0.25) is 0 Å². The Labute approximate surface area is 408 Å². The number of phenols is 1. The molecular weight excluding hydrogens is 865 g/mol. The summed E-state index contributed by atoms with van der Waals surface area (Å²) in [6.07, 6.45) is 29.8. The summed E-state index contributed by atoms with van der Waals surface area (Å²) in [6.45, 7) is 4.49. The standard InChI is InChI=1S/2C25H36O5S.Ca/c2*1-2-3-4-5-6-7-8-9-10-11-12-14-21-17-22(26)19-24(18-21)30-23-15-13-16-25(20-23)31(27,28)29;/h2*13,15-20,26H,2-12,14H2,1H3,(H,27,28,29);/q;;+2/p-2. The Hall–Kier alpha value is -2.84. The van der Waals surface area contributed by atoms with E-state index in [-0.39, 0.29) is 70.5 Å². The van der Waals surface area contributed by atoms with Gasteiger partial charge >= 0.3 is 37.7 Å². The zero-order valence-electron chi connectivity index (χ0n) is 37.7. The first kappa shape index (κ1) is 56.3. The van der Waals surface area contributed by atoms with Crippen LogP contribution in [0.1, 0.15) is 166 Å². The van der Waals surface area contributed by atoms with E-state index < -0.39 is 20.2 Å². The molecule has 0 heterocycles. The second kappa shape index (κ2) is 31.9. The molecule has 0 bridgehead atoms. The van der Waals surface area contributed by atoms with Crippen LogP contribution in [0.2, 0.25) is 0 Å². The summed E-state index contributed by atoms with van der Waals surface area (Å²) in [6, 6.07) is 20.9. The van der Waals surface area contributed by atoms with Gasteiger partial charge in [-0.15, -0.1) is 5.75 Å². The molecule has 0 saturated heterocycles. The van der Waals surface area contributed by atoms with Crippen LogP contribution in [0.25, 0.3) is 0 Å². The van der Waals surface area contributed by atoms with Crippen LogP contribution < -0.4 is 14.6 Å². The summed E-state index contributed by atoms with van der Waals surface area (Å²) >= 11 is 0. The van der Waals surface area contributed by atoms with Crippen LogP contribution in [0, 0.1) is 0 Å². The largest absolute Gasteiger partial charge is 2.00 e.